The van der Waals surface area contributed by atoms with E-state index in [1.807, 2.05) is 86.0 Å². The molecule has 5 aromatic rings. The topological polar surface area (TPSA) is 88.2 Å². The first-order chi connectivity index (χ1) is 18.7. The van der Waals surface area contributed by atoms with Gasteiger partial charge in [-0.05, 0) is 37.7 Å². The highest BCUT2D eigenvalue weighted by Gasteiger charge is 2.35. The molecule has 6 rings (SSSR count). The van der Waals surface area contributed by atoms with Gasteiger partial charge in [0.15, 0.2) is 0 Å². The van der Waals surface area contributed by atoms with E-state index < -0.39 is 0 Å². The van der Waals surface area contributed by atoms with Gasteiger partial charge in [-0.2, -0.15) is 0 Å². The summed E-state index contributed by atoms with van der Waals surface area (Å²) < 4.78 is 8.45. The molecule has 0 spiro atoms. The van der Waals surface area contributed by atoms with Crippen LogP contribution >= 0.6 is 0 Å². The van der Waals surface area contributed by atoms with Gasteiger partial charge in [-0.15, -0.1) is 0 Å². The summed E-state index contributed by atoms with van der Waals surface area (Å²) in [4.78, 5) is 29.7. The van der Waals surface area contributed by atoms with Gasteiger partial charge in [0.05, 0.1) is 16.7 Å². The molecule has 0 atom stereocenters. The minimum absolute atomic E-state index is 0.386. The molecule has 1 aliphatic rings. The van der Waals surface area contributed by atoms with Crippen molar-refractivity contribution in [2.24, 2.45) is 0 Å². The van der Waals surface area contributed by atoms with Gasteiger partial charge in [0.1, 0.15) is 12.4 Å². The third-order valence-electron chi connectivity index (χ3n) is 6.98. The normalized spacial score (nSPS) is 13.6. The number of rotatable bonds is 9. The Morgan fingerprint density at radius 2 is 1.58 bits per heavy atom. The van der Waals surface area contributed by atoms with E-state index in [-0.39, 0.29) is 11.8 Å². The number of aryl methyl sites for hydroxylation is 1. The van der Waals surface area contributed by atoms with Crippen molar-refractivity contribution in [2.45, 2.75) is 19.6 Å². The van der Waals surface area contributed by atoms with E-state index in [0.717, 1.165) is 58.2 Å². The Bertz CT molecular complexity index is 1690. The van der Waals surface area contributed by atoms with E-state index in [1.54, 1.807) is 6.20 Å². The van der Waals surface area contributed by atoms with Crippen LogP contribution in [0.2, 0.25) is 0 Å². The number of hydrogen-bond donors (Lipinski definition) is 3. The lowest BCUT2D eigenvalue weighted by molar-refractivity contribution is -0.122. The van der Waals surface area contributed by atoms with Crippen LogP contribution in [0.1, 0.15) is 23.1 Å². The highest BCUT2D eigenvalue weighted by Crippen LogP contribution is 2.40. The van der Waals surface area contributed by atoms with Crippen molar-refractivity contribution in [3.63, 3.8) is 0 Å². The first-order valence-corrected chi connectivity index (χ1v) is 12.8. The molecule has 0 aliphatic carbocycles. The van der Waals surface area contributed by atoms with Crippen LogP contribution < -0.4 is 15.4 Å². The number of hydrogen-bond acceptors (Lipinski definition) is 4. The number of aromatic amines is 1. The van der Waals surface area contributed by atoms with E-state index in [0.29, 0.717) is 23.3 Å². The number of carbonyl (C=O) groups excluding carboxylic acids is 2. The number of fused-ring (bicyclic) bond motifs is 2. The number of amides is 2. The Labute approximate surface area is 220 Å². The Morgan fingerprint density at radius 3 is 2.39 bits per heavy atom. The van der Waals surface area contributed by atoms with Gasteiger partial charge in [0, 0.05) is 46.4 Å². The fraction of sp³-hybridized carbons (Fsp3) is 0.161. The first-order valence-electron chi connectivity index (χ1n) is 12.8. The number of para-hydroxylation sites is 2. The van der Waals surface area contributed by atoms with Crippen molar-refractivity contribution >= 4 is 44.8 Å². The van der Waals surface area contributed by atoms with Gasteiger partial charge in [-0.3, -0.25) is 14.9 Å². The zero-order valence-corrected chi connectivity index (χ0v) is 21.1. The Morgan fingerprint density at radius 1 is 0.842 bits per heavy atom. The molecule has 2 aromatic heterocycles. The number of benzene rings is 3. The van der Waals surface area contributed by atoms with Crippen molar-refractivity contribution in [1.82, 2.24) is 20.2 Å². The van der Waals surface area contributed by atoms with E-state index in [1.165, 1.54) is 0 Å². The number of imide groups is 1. The molecule has 0 fully saturated rings. The lowest BCUT2D eigenvalue weighted by atomic mass is 9.95. The van der Waals surface area contributed by atoms with Crippen molar-refractivity contribution in [1.29, 1.82) is 0 Å². The first kappa shape index (κ1) is 23.8. The molecule has 3 N–H and O–H groups in total. The lowest BCUT2D eigenvalue weighted by Gasteiger charge is -2.11. The third kappa shape index (κ3) is 4.17. The quantitative estimate of drug-likeness (QED) is 0.197. The predicted octanol–water partition coefficient (Wildman–Crippen LogP) is 4.88. The average molecular weight is 505 g/mol. The van der Waals surface area contributed by atoms with Crippen molar-refractivity contribution in [3.05, 3.63) is 102 Å². The van der Waals surface area contributed by atoms with Crippen molar-refractivity contribution < 1.29 is 14.3 Å². The van der Waals surface area contributed by atoms with Crippen LogP contribution in [-0.4, -0.2) is 35.0 Å². The van der Waals surface area contributed by atoms with E-state index in [4.69, 9.17) is 4.74 Å². The molecule has 0 unspecified atom stereocenters. The zero-order chi connectivity index (χ0) is 26.1. The molecule has 0 saturated carbocycles. The molecule has 38 heavy (non-hydrogen) atoms. The van der Waals surface area contributed by atoms with E-state index in [2.05, 4.69) is 20.2 Å². The van der Waals surface area contributed by atoms with Crippen LogP contribution in [0.5, 0.6) is 5.75 Å². The number of ether oxygens (including phenoxy) is 1. The van der Waals surface area contributed by atoms with Crippen LogP contribution in [0, 0.1) is 0 Å². The van der Waals surface area contributed by atoms with Gasteiger partial charge in [-0.1, -0.05) is 60.7 Å². The molecule has 0 bridgehead atoms. The minimum atomic E-state index is -0.389. The zero-order valence-electron chi connectivity index (χ0n) is 21.1. The lowest BCUT2D eigenvalue weighted by Crippen LogP contribution is -2.22. The monoisotopic (exact) mass is 504 g/mol. The highest BCUT2D eigenvalue weighted by atomic mass is 16.5. The standard InChI is InChI=1S/C31H28N4O3/c1-32-15-8-16-35-18-24(22-12-7-14-26(29(22)35)38-19-20-9-3-2-4-10-20)28-27(30(36)34-31(28)37)23-17-33-25-13-6-5-11-21(23)25/h2-7,9-14,17-18,32-33H,8,15-16,19H2,1H3,(H,34,36,37). The molecule has 190 valence electrons. The smallest absolute Gasteiger partial charge is 0.259 e. The summed E-state index contributed by atoms with van der Waals surface area (Å²) in [6, 6.07) is 23.7. The maximum absolute atomic E-state index is 13.3. The summed E-state index contributed by atoms with van der Waals surface area (Å²) in [6.07, 6.45) is 4.68. The van der Waals surface area contributed by atoms with Crippen molar-refractivity contribution in [2.75, 3.05) is 13.6 Å². The highest BCUT2D eigenvalue weighted by molar-refractivity contribution is 6.50. The van der Waals surface area contributed by atoms with Crippen LogP contribution in [-0.2, 0) is 22.7 Å². The minimum Gasteiger partial charge on any atom is -0.487 e. The summed E-state index contributed by atoms with van der Waals surface area (Å²) in [7, 11) is 1.93. The Balaban J connectivity index is 1.52. The SMILES string of the molecule is CNCCCn1cc(C2=C(c3c[nH]c4ccccc34)C(=O)NC2=O)c2cccc(OCc3ccccc3)c21. The predicted molar refractivity (Wildman–Crippen MR) is 150 cm³/mol. The Hall–Kier alpha value is -4.62. The fourth-order valence-electron chi connectivity index (χ4n) is 5.23. The molecule has 2 amide bonds. The number of nitrogens with one attached hydrogen (secondary N) is 3. The number of carbonyl (C=O) groups is 2. The summed E-state index contributed by atoms with van der Waals surface area (Å²) >= 11 is 0. The van der Waals surface area contributed by atoms with Crippen molar-refractivity contribution in [3.8, 4) is 5.75 Å². The van der Waals surface area contributed by atoms with Gasteiger partial charge >= 0.3 is 0 Å². The number of aromatic nitrogens is 2. The molecule has 0 radical (unpaired) electrons. The van der Waals surface area contributed by atoms with Crippen LogP contribution in [0.4, 0.5) is 0 Å². The van der Waals surface area contributed by atoms with E-state index in [9.17, 15) is 9.59 Å². The number of nitrogens with zero attached hydrogens (tertiary/aromatic N) is 1. The summed E-state index contributed by atoms with van der Waals surface area (Å²) in [5.41, 5.74) is 5.10. The molecular weight excluding hydrogens is 476 g/mol. The van der Waals surface area contributed by atoms with Gasteiger partial charge < -0.3 is 19.6 Å². The summed E-state index contributed by atoms with van der Waals surface area (Å²) in [5.74, 6) is -0.0384. The Kier molecular flexibility index (Phi) is 6.27. The van der Waals surface area contributed by atoms with Crippen LogP contribution in [0.3, 0.4) is 0 Å². The van der Waals surface area contributed by atoms with E-state index >= 15 is 0 Å². The third-order valence-corrected chi connectivity index (χ3v) is 6.98. The molecule has 7 heteroatoms. The second kappa shape index (κ2) is 10.0. The molecule has 1 aliphatic heterocycles. The van der Waals surface area contributed by atoms with Gasteiger partial charge in [0.2, 0.25) is 0 Å². The second-order valence-electron chi connectivity index (χ2n) is 9.40. The maximum atomic E-state index is 13.3. The van der Waals surface area contributed by atoms with Gasteiger partial charge in [0.25, 0.3) is 11.8 Å². The molecule has 3 aromatic carbocycles. The molecule has 3 heterocycles. The summed E-state index contributed by atoms with van der Waals surface area (Å²) in [5, 5.41) is 7.51. The van der Waals surface area contributed by atoms with Crippen LogP contribution in [0.15, 0.2) is 85.2 Å². The average Bonchev–Trinajstić information content (AvgIpc) is 3.61. The molecule has 0 saturated heterocycles. The maximum Gasteiger partial charge on any atom is 0.259 e. The molecule has 7 nitrogen and oxygen atoms in total. The largest absolute Gasteiger partial charge is 0.487 e. The molecular formula is C31H28N4O3. The van der Waals surface area contributed by atoms with Crippen LogP contribution in [0.25, 0.3) is 33.0 Å². The van der Waals surface area contributed by atoms with Gasteiger partial charge in [-0.25, -0.2) is 0 Å². The summed E-state index contributed by atoms with van der Waals surface area (Å²) in [6.45, 7) is 2.01. The second-order valence-corrected chi connectivity index (χ2v) is 9.40. The fourth-order valence-corrected chi connectivity index (χ4v) is 5.23. The number of H-pyrrole nitrogens is 1.